The van der Waals surface area contributed by atoms with Crippen LogP contribution >= 0.6 is 0 Å². The van der Waals surface area contributed by atoms with Gasteiger partial charge in [-0.1, -0.05) is 0 Å². The number of halogens is 1. The zero-order chi connectivity index (χ0) is 23.2. The topological polar surface area (TPSA) is 77.0 Å². The number of carbonyl (C=O) groups excluding carboxylic acids is 1. The standard InChI is InChI=1S/C26H29FN4O2/c1-17(33-23-9-7-22(27)8-10-23)26(32)30-15-19-3-5-21(6-4-19)25-24(16-29-18(2)31-25)20-11-13-28-14-12-20/h7-14,16-17,19,21H,3-6,15H2,1-2H3,(H,30,32)/t17-,19?,21?/m1/s1. The number of carbonyl (C=O) groups is 1. The number of aromatic nitrogens is 3. The summed E-state index contributed by atoms with van der Waals surface area (Å²) < 4.78 is 18.6. The molecule has 0 radical (unpaired) electrons. The molecule has 2 aromatic heterocycles. The number of aryl methyl sites for hydroxylation is 1. The molecule has 1 amide bonds. The Labute approximate surface area is 193 Å². The van der Waals surface area contributed by atoms with Crippen molar-refractivity contribution in [1.82, 2.24) is 20.3 Å². The largest absolute Gasteiger partial charge is 0.481 e. The van der Waals surface area contributed by atoms with E-state index >= 15 is 0 Å². The number of amides is 1. The Morgan fingerprint density at radius 3 is 2.52 bits per heavy atom. The number of hydrogen-bond acceptors (Lipinski definition) is 5. The molecule has 172 valence electrons. The maximum absolute atomic E-state index is 13.0. The fraction of sp³-hybridized carbons (Fsp3) is 0.385. The van der Waals surface area contributed by atoms with Crippen LogP contribution in [-0.4, -0.2) is 33.5 Å². The maximum Gasteiger partial charge on any atom is 0.260 e. The molecule has 0 aliphatic heterocycles. The van der Waals surface area contributed by atoms with Gasteiger partial charge >= 0.3 is 0 Å². The highest BCUT2D eigenvalue weighted by Crippen LogP contribution is 2.38. The minimum Gasteiger partial charge on any atom is -0.481 e. The lowest BCUT2D eigenvalue weighted by molar-refractivity contribution is -0.127. The van der Waals surface area contributed by atoms with Gasteiger partial charge in [-0.25, -0.2) is 14.4 Å². The molecule has 1 fully saturated rings. The summed E-state index contributed by atoms with van der Waals surface area (Å²) in [5.74, 6) is 1.57. The first-order chi connectivity index (χ1) is 16.0. The molecule has 1 N–H and O–H groups in total. The molecule has 7 heteroatoms. The summed E-state index contributed by atoms with van der Waals surface area (Å²) >= 11 is 0. The summed E-state index contributed by atoms with van der Waals surface area (Å²) in [5, 5.41) is 3.01. The van der Waals surface area contributed by atoms with Crippen molar-refractivity contribution in [2.24, 2.45) is 5.92 Å². The van der Waals surface area contributed by atoms with Crippen LogP contribution in [0.1, 0.15) is 50.0 Å². The van der Waals surface area contributed by atoms with E-state index < -0.39 is 6.10 Å². The number of ether oxygens (including phenoxy) is 1. The third-order valence-electron chi connectivity index (χ3n) is 6.22. The number of nitrogens with one attached hydrogen (secondary N) is 1. The van der Waals surface area contributed by atoms with Gasteiger partial charge in [-0.15, -0.1) is 0 Å². The third kappa shape index (κ3) is 5.92. The fourth-order valence-electron chi connectivity index (χ4n) is 4.35. The number of pyridine rings is 1. The van der Waals surface area contributed by atoms with Crippen LogP contribution in [-0.2, 0) is 4.79 Å². The van der Waals surface area contributed by atoms with E-state index in [0.717, 1.165) is 48.3 Å². The van der Waals surface area contributed by atoms with Crippen LogP contribution in [0.2, 0.25) is 0 Å². The van der Waals surface area contributed by atoms with Crippen LogP contribution in [0.15, 0.2) is 55.0 Å². The van der Waals surface area contributed by atoms with E-state index in [4.69, 9.17) is 9.72 Å². The van der Waals surface area contributed by atoms with Gasteiger partial charge in [0.05, 0.1) is 5.69 Å². The molecule has 3 aromatic rings. The summed E-state index contributed by atoms with van der Waals surface area (Å²) in [7, 11) is 0. The van der Waals surface area contributed by atoms with Gasteiger partial charge < -0.3 is 10.1 Å². The molecule has 1 aliphatic rings. The van der Waals surface area contributed by atoms with Gasteiger partial charge in [0.15, 0.2) is 6.10 Å². The zero-order valence-corrected chi connectivity index (χ0v) is 19.0. The molecule has 0 unspecified atom stereocenters. The minimum absolute atomic E-state index is 0.159. The average Bonchev–Trinajstić information content (AvgIpc) is 2.84. The van der Waals surface area contributed by atoms with E-state index in [1.807, 2.05) is 25.3 Å². The lowest BCUT2D eigenvalue weighted by Gasteiger charge is -2.29. The first-order valence-electron chi connectivity index (χ1n) is 11.4. The van der Waals surface area contributed by atoms with Crippen LogP contribution in [0.3, 0.4) is 0 Å². The van der Waals surface area contributed by atoms with Gasteiger partial charge in [0.1, 0.15) is 17.4 Å². The van der Waals surface area contributed by atoms with Crippen molar-refractivity contribution in [3.63, 3.8) is 0 Å². The SMILES string of the molecule is Cc1ncc(-c2ccncc2)c(C2CCC(CNC(=O)[C@@H](C)Oc3ccc(F)cc3)CC2)n1. The van der Waals surface area contributed by atoms with Crippen molar-refractivity contribution >= 4 is 5.91 Å². The van der Waals surface area contributed by atoms with Crippen LogP contribution in [0.25, 0.3) is 11.1 Å². The van der Waals surface area contributed by atoms with Gasteiger partial charge in [0.25, 0.3) is 5.91 Å². The van der Waals surface area contributed by atoms with Crippen LogP contribution in [0.4, 0.5) is 4.39 Å². The summed E-state index contributed by atoms with van der Waals surface area (Å²) in [6, 6.07) is 9.67. The summed E-state index contributed by atoms with van der Waals surface area (Å²) in [6.45, 7) is 4.26. The monoisotopic (exact) mass is 448 g/mol. The summed E-state index contributed by atoms with van der Waals surface area (Å²) in [5.41, 5.74) is 3.27. The van der Waals surface area contributed by atoms with E-state index in [1.54, 1.807) is 19.3 Å². The van der Waals surface area contributed by atoms with Crippen molar-refractivity contribution in [2.45, 2.75) is 51.6 Å². The molecule has 0 saturated heterocycles. The molecule has 1 atom stereocenters. The quantitative estimate of drug-likeness (QED) is 0.559. The summed E-state index contributed by atoms with van der Waals surface area (Å²) in [4.78, 5) is 25.8. The van der Waals surface area contributed by atoms with E-state index in [9.17, 15) is 9.18 Å². The number of nitrogens with zero attached hydrogens (tertiary/aromatic N) is 3. The smallest absolute Gasteiger partial charge is 0.260 e. The second-order valence-corrected chi connectivity index (χ2v) is 8.63. The highest BCUT2D eigenvalue weighted by molar-refractivity contribution is 5.80. The van der Waals surface area contributed by atoms with Crippen LogP contribution < -0.4 is 10.1 Å². The Kier molecular flexibility index (Phi) is 7.27. The van der Waals surface area contributed by atoms with Gasteiger partial charge in [-0.05, 0) is 87.4 Å². The molecule has 1 saturated carbocycles. The lowest BCUT2D eigenvalue weighted by Crippen LogP contribution is -2.39. The summed E-state index contributed by atoms with van der Waals surface area (Å²) in [6.07, 6.45) is 8.96. The zero-order valence-electron chi connectivity index (χ0n) is 19.0. The lowest BCUT2D eigenvalue weighted by atomic mass is 9.79. The van der Waals surface area contributed by atoms with Crippen LogP contribution in [0, 0.1) is 18.7 Å². The number of rotatable bonds is 7. The molecule has 33 heavy (non-hydrogen) atoms. The van der Waals surface area contributed by atoms with Crippen molar-refractivity contribution in [1.29, 1.82) is 0 Å². The molecule has 1 aromatic carbocycles. The van der Waals surface area contributed by atoms with Gasteiger partial charge in [-0.3, -0.25) is 9.78 Å². The first-order valence-corrected chi connectivity index (χ1v) is 11.4. The van der Waals surface area contributed by atoms with Crippen LogP contribution in [0.5, 0.6) is 5.75 Å². The van der Waals surface area contributed by atoms with E-state index in [-0.39, 0.29) is 11.7 Å². The van der Waals surface area contributed by atoms with E-state index in [1.165, 1.54) is 24.3 Å². The number of benzene rings is 1. The second kappa shape index (κ2) is 10.5. The Balaban J connectivity index is 1.30. The van der Waals surface area contributed by atoms with Gasteiger partial charge in [0, 0.05) is 36.6 Å². The van der Waals surface area contributed by atoms with E-state index in [2.05, 4.69) is 15.3 Å². The number of hydrogen-bond donors (Lipinski definition) is 1. The minimum atomic E-state index is -0.640. The molecule has 2 heterocycles. The molecule has 1 aliphatic carbocycles. The Morgan fingerprint density at radius 2 is 1.82 bits per heavy atom. The van der Waals surface area contributed by atoms with Crippen molar-refractivity contribution in [3.05, 3.63) is 72.3 Å². The van der Waals surface area contributed by atoms with Crippen molar-refractivity contribution in [2.75, 3.05) is 6.54 Å². The maximum atomic E-state index is 13.0. The fourth-order valence-corrected chi connectivity index (χ4v) is 4.35. The molecular formula is C26H29FN4O2. The highest BCUT2D eigenvalue weighted by Gasteiger charge is 2.27. The molecule has 4 rings (SSSR count). The second-order valence-electron chi connectivity index (χ2n) is 8.63. The normalized spacial score (nSPS) is 19.0. The Morgan fingerprint density at radius 1 is 1.12 bits per heavy atom. The average molecular weight is 449 g/mol. The molecule has 6 nitrogen and oxygen atoms in total. The molecule has 0 bridgehead atoms. The van der Waals surface area contributed by atoms with E-state index in [0.29, 0.717) is 24.1 Å². The molecule has 0 spiro atoms. The predicted molar refractivity (Wildman–Crippen MR) is 124 cm³/mol. The first kappa shape index (κ1) is 22.8. The van der Waals surface area contributed by atoms with Crippen molar-refractivity contribution in [3.8, 4) is 16.9 Å². The third-order valence-corrected chi connectivity index (χ3v) is 6.22. The van der Waals surface area contributed by atoms with Gasteiger partial charge in [-0.2, -0.15) is 0 Å². The van der Waals surface area contributed by atoms with Crippen molar-refractivity contribution < 1.29 is 13.9 Å². The van der Waals surface area contributed by atoms with Gasteiger partial charge in [0.2, 0.25) is 0 Å². The Bertz CT molecular complexity index is 1070. The Hall–Kier alpha value is -3.35. The highest BCUT2D eigenvalue weighted by atomic mass is 19.1. The molecular weight excluding hydrogens is 419 g/mol. The predicted octanol–water partition coefficient (Wildman–Crippen LogP) is 4.84.